The molecule has 5 aliphatic rings. The smallest absolute Gasteiger partial charge is 0.350 e. The average Bonchev–Trinajstić information content (AvgIpc) is 3.30. The minimum Gasteiger partial charge on any atom is -0.457 e. The Hall–Kier alpha value is -2.00. The van der Waals surface area contributed by atoms with Gasteiger partial charge < -0.3 is 18.9 Å². The third-order valence-corrected chi connectivity index (χ3v) is 12.4. The molecule has 242 valence electrons. The van der Waals surface area contributed by atoms with Crippen molar-refractivity contribution >= 4 is 23.7 Å². The van der Waals surface area contributed by atoms with Crippen molar-refractivity contribution in [1.82, 2.24) is 4.90 Å². The Labute approximate surface area is 257 Å². The Balaban J connectivity index is 1.12. The molecule has 0 aromatic heterocycles. The van der Waals surface area contributed by atoms with Gasteiger partial charge in [-0.15, -0.1) is 0 Å². The van der Waals surface area contributed by atoms with Gasteiger partial charge in [-0.05, 0) is 120 Å². The molecule has 0 aromatic rings. The summed E-state index contributed by atoms with van der Waals surface area (Å²) in [6.45, 7) is 13.5. The summed E-state index contributed by atoms with van der Waals surface area (Å²) in [7, 11) is 0. The van der Waals surface area contributed by atoms with Gasteiger partial charge in [0.2, 0.25) is 5.60 Å². The van der Waals surface area contributed by atoms with E-state index in [0.717, 1.165) is 38.5 Å². The Morgan fingerprint density at radius 1 is 0.860 bits per heavy atom. The third-order valence-electron chi connectivity index (χ3n) is 12.4. The standard InChI is InChI=1S/C34H53NO8/c1-22(36)25-9-10-26-24-8-7-23-19-32(4,13-14-33(23,5)27(24)11-12-34(25,26)6)43-29(38)21-41-30(39)31(2,3)42-28(37)20-35-15-17-40-18-16-35/h23-27H,7-21H2,1-6H3/t23-,24-,25+,26-,27-,32+,33-,34+/m0/s1. The first-order valence-corrected chi connectivity index (χ1v) is 16.6. The number of ether oxygens (including phenoxy) is 4. The first-order chi connectivity index (χ1) is 20.2. The Kier molecular flexibility index (Phi) is 9.09. The fourth-order valence-electron chi connectivity index (χ4n) is 10.1. The Morgan fingerprint density at radius 2 is 1.56 bits per heavy atom. The summed E-state index contributed by atoms with van der Waals surface area (Å²) in [5.41, 5.74) is -1.75. The van der Waals surface area contributed by atoms with E-state index in [2.05, 4.69) is 13.8 Å². The average molecular weight is 604 g/mol. The minimum atomic E-state index is -1.52. The van der Waals surface area contributed by atoms with Crippen LogP contribution in [0, 0.1) is 40.4 Å². The van der Waals surface area contributed by atoms with E-state index in [-0.39, 0.29) is 23.3 Å². The maximum Gasteiger partial charge on any atom is 0.350 e. The molecular weight excluding hydrogens is 550 g/mol. The molecule has 9 nitrogen and oxygen atoms in total. The maximum atomic E-state index is 12.9. The summed E-state index contributed by atoms with van der Waals surface area (Å²) in [6, 6.07) is 0. The zero-order valence-corrected chi connectivity index (χ0v) is 27.2. The van der Waals surface area contributed by atoms with Crippen LogP contribution in [0.1, 0.15) is 99.3 Å². The van der Waals surface area contributed by atoms with Crippen LogP contribution in [-0.4, -0.2) is 79.2 Å². The number of nitrogens with zero attached hydrogens (tertiary/aromatic N) is 1. The third kappa shape index (κ3) is 6.40. The maximum absolute atomic E-state index is 12.9. The van der Waals surface area contributed by atoms with Crippen LogP contribution in [0.15, 0.2) is 0 Å². The van der Waals surface area contributed by atoms with E-state index >= 15 is 0 Å². The fourth-order valence-corrected chi connectivity index (χ4v) is 10.1. The van der Waals surface area contributed by atoms with Crippen LogP contribution in [0.4, 0.5) is 0 Å². The number of carbonyl (C=O) groups is 4. The predicted molar refractivity (Wildman–Crippen MR) is 159 cm³/mol. The van der Waals surface area contributed by atoms with Gasteiger partial charge in [-0.1, -0.05) is 13.8 Å². The van der Waals surface area contributed by atoms with Gasteiger partial charge in [-0.25, -0.2) is 9.59 Å². The highest BCUT2D eigenvalue weighted by atomic mass is 16.6. The summed E-state index contributed by atoms with van der Waals surface area (Å²) >= 11 is 0. The van der Waals surface area contributed by atoms with Crippen molar-refractivity contribution in [3.63, 3.8) is 0 Å². The van der Waals surface area contributed by atoms with Crippen molar-refractivity contribution in [2.24, 2.45) is 40.4 Å². The summed E-state index contributed by atoms with van der Waals surface area (Å²) in [5.74, 6) is 1.18. The lowest BCUT2D eigenvalue weighted by Crippen LogP contribution is -2.56. The number of ketones is 1. The number of rotatable bonds is 8. The Morgan fingerprint density at radius 3 is 2.26 bits per heavy atom. The van der Waals surface area contributed by atoms with Crippen molar-refractivity contribution in [1.29, 1.82) is 0 Å². The van der Waals surface area contributed by atoms with Crippen LogP contribution in [0.25, 0.3) is 0 Å². The molecule has 4 saturated carbocycles. The Bertz CT molecular complexity index is 1100. The van der Waals surface area contributed by atoms with Crippen molar-refractivity contribution in [2.75, 3.05) is 39.5 Å². The SMILES string of the molecule is CC(=O)[C@H]1CC[C@H]2[C@@H]3CC[C@H]4C[C@](C)(OC(=O)COC(=O)C(C)(C)OC(=O)CN5CCOCC5)CC[C@]4(C)[C@H]3CC[C@]12C. The normalized spacial score (nSPS) is 39.5. The molecule has 4 aliphatic carbocycles. The molecule has 0 radical (unpaired) electrons. The van der Waals surface area contributed by atoms with Crippen LogP contribution in [-0.2, 0) is 38.1 Å². The second-order valence-electron chi connectivity index (χ2n) is 15.5. The van der Waals surface area contributed by atoms with Crippen molar-refractivity contribution < 1.29 is 38.1 Å². The van der Waals surface area contributed by atoms with Crippen molar-refractivity contribution in [3.8, 4) is 0 Å². The summed E-state index contributed by atoms with van der Waals surface area (Å²) < 4.78 is 22.0. The van der Waals surface area contributed by atoms with Gasteiger partial charge in [0.05, 0.1) is 19.8 Å². The lowest BCUT2D eigenvalue weighted by molar-refractivity contribution is -0.191. The van der Waals surface area contributed by atoms with Crippen LogP contribution in [0.5, 0.6) is 0 Å². The topological polar surface area (TPSA) is 108 Å². The van der Waals surface area contributed by atoms with Crippen LogP contribution < -0.4 is 0 Å². The minimum absolute atomic E-state index is 0.0705. The molecule has 5 fully saturated rings. The molecule has 1 heterocycles. The molecule has 43 heavy (non-hydrogen) atoms. The number of morpholine rings is 1. The highest BCUT2D eigenvalue weighted by Gasteiger charge is 2.62. The zero-order valence-electron chi connectivity index (χ0n) is 27.2. The molecule has 0 N–H and O–H groups in total. The van der Waals surface area contributed by atoms with E-state index < -0.39 is 35.7 Å². The van der Waals surface area contributed by atoms with Gasteiger partial charge in [0.25, 0.3) is 0 Å². The van der Waals surface area contributed by atoms with E-state index in [1.165, 1.54) is 33.1 Å². The van der Waals surface area contributed by atoms with Gasteiger partial charge >= 0.3 is 17.9 Å². The van der Waals surface area contributed by atoms with E-state index in [9.17, 15) is 19.2 Å². The van der Waals surface area contributed by atoms with Gasteiger partial charge in [0, 0.05) is 19.0 Å². The second kappa shape index (κ2) is 12.1. The first-order valence-electron chi connectivity index (χ1n) is 16.6. The largest absolute Gasteiger partial charge is 0.457 e. The summed E-state index contributed by atoms with van der Waals surface area (Å²) in [6.07, 6.45) is 9.48. The molecular formula is C34H53NO8. The summed E-state index contributed by atoms with van der Waals surface area (Å²) in [4.78, 5) is 52.4. The number of fused-ring (bicyclic) bond motifs is 5. The second-order valence-corrected chi connectivity index (χ2v) is 15.5. The number of carbonyl (C=O) groups excluding carboxylic acids is 4. The molecule has 0 spiro atoms. The highest BCUT2D eigenvalue weighted by Crippen LogP contribution is 2.68. The summed E-state index contributed by atoms with van der Waals surface area (Å²) in [5, 5.41) is 0. The lowest BCUT2D eigenvalue weighted by Gasteiger charge is -2.62. The number of esters is 3. The van der Waals surface area contributed by atoms with Crippen LogP contribution in [0.3, 0.4) is 0 Å². The molecule has 0 unspecified atom stereocenters. The number of hydrogen-bond acceptors (Lipinski definition) is 9. The van der Waals surface area contributed by atoms with Gasteiger partial charge in [-0.3, -0.25) is 14.5 Å². The molecule has 5 rings (SSSR count). The first kappa shape index (κ1) is 32.4. The molecule has 0 amide bonds. The fraction of sp³-hybridized carbons (Fsp3) is 0.882. The van der Waals surface area contributed by atoms with Gasteiger partial charge in [-0.2, -0.15) is 0 Å². The lowest BCUT2D eigenvalue weighted by atomic mass is 9.44. The van der Waals surface area contributed by atoms with Gasteiger partial charge in [0.1, 0.15) is 11.4 Å². The molecule has 9 heteroatoms. The monoisotopic (exact) mass is 603 g/mol. The predicted octanol–water partition coefficient (Wildman–Crippen LogP) is 4.73. The number of Topliss-reactive ketones (excluding diaryl/α,β-unsaturated/α-hetero) is 1. The van der Waals surface area contributed by atoms with E-state index in [1.807, 2.05) is 11.8 Å². The zero-order chi connectivity index (χ0) is 31.2. The highest BCUT2D eigenvalue weighted by molar-refractivity contribution is 5.85. The molecule has 1 saturated heterocycles. The molecule has 1 aliphatic heterocycles. The molecule has 0 bridgehead atoms. The van der Waals surface area contributed by atoms with Crippen LogP contribution in [0.2, 0.25) is 0 Å². The molecule has 8 atom stereocenters. The van der Waals surface area contributed by atoms with Crippen molar-refractivity contribution in [3.05, 3.63) is 0 Å². The van der Waals surface area contributed by atoms with E-state index in [0.29, 0.717) is 55.8 Å². The van der Waals surface area contributed by atoms with Crippen LogP contribution >= 0.6 is 0 Å². The van der Waals surface area contributed by atoms with Crippen molar-refractivity contribution in [2.45, 2.75) is 111 Å². The quantitative estimate of drug-likeness (QED) is 0.287. The van der Waals surface area contributed by atoms with E-state index in [1.54, 1.807) is 6.92 Å². The number of hydrogen-bond donors (Lipinski definition) is 0. The molecule has 0 aromatic carbocycles. The van der Waals surface area contributed by atoms with E-state index in [4.69, 9.17) is 18.9 Å². The van der Waals surface area contributed by atoms with Gasteiger partial charge in [0.15, 0.2) is 6.61 Å².